The number of hydrogen-bond acceptors (Lipinski definition) is 8. The van der Waals surface area contributed by atoms with E-state index < -0.39 is 6.10 Å². The Morgan fingerprint density at radius 2 is 2.19 bits per heavy atom. The molecule has 9 nitrogen and oxygen atoms in total. The molecule has 0 spiro atoms. The molecular formula is C22H22ClN7O2. The van der Waals surface area contributed by atoms with Gasteiger partial charge in [0.2, 0.25) is 5.88 Å². The molecule has 2 aliphatic rings. The molecule has 32 heavy (non-hydrogen) atoms. The summed E-state index contributed by atoms with van der Waals surface area (Å²) >= 11 is 6.25. The number of fused-ring (bicyclic) bond motifs is 1. The smallest absolute Gasteiger partial charge is 0.261 e. The molecule has 4 rings (SSSR count). The molecule has 1 fully saturated rings. The zero-order chi connectivity index (χ0) is 22.7. The summed E-state index contributed by atoms with van der Waals surface area (Å²) < 4.78 is 5.72. The molecule has 4 heterocycles. The van der Waals surface area contributed by atoms with Crippen molar-refractivity contribution in [2.24, 2.45) is 0 Å². The van der Waals surface area contributed by atoms with E-state index in [1.165, 1.54) is 0 Å². The molecule has 0 aromatic carbocycles. The molecule has 2 aromatic rings. The predicted octanol–water partition coefficient (Wildman–Crippen LogP) is 2.07. The average molecular weight is 452 g/mol. The summed E-state index contributed by atoms with van der Waals surface area (Å²) in [4.78, 5) is 22.8. The highest BCUT2D eigenvalue weighted by molar-refractivity contribution is 6.30. The van der Waals surface area contributed by atoms with Gasteiger partial charge in [-0.15, -0.1) is 0 Å². The van der Waals surface area contributed by atoms with Gasteiger partial charge in [0.05, 0.1) is 11.6 Å². The Morgan fingerprint density at radius 3 is 2.88 bits per heavy atom. The Balaban J connectivity index is 1.50. The summed E-state index contributed by atoms with van der Waals surface area (Å²) in [6.07, 6.45) is 0.836. The van der Waals surface area contributed by atoms with Crippen LogP contribution in [0.2, 0.25) is 5.15 Å². The summed E-state index contributed by atoms with van der Waals surface area (Å²) in [6, 6.07) is 7.96. The number of carbonyl (C=O) groups is 1. The number of nitrogens with zero attached hydrogens (tertiary/aromatic N) is 5. The number of nitrogens with one attached hydrogen (secondary N) is 2. The lowest BCUT2D eigenvalue weighted by molar-refractivity contribution is -0.125. The van der Waals surface area contributed by atoms with Gasteiger partial charge in [0.15, 0.2) is 6.10 Å². The molecule has 0 bridgehead atoms. The molecule has 0 radical (unpaired) electrons. The van der Waals surface area contributed by atoms with E-state index in [2.05, 4.69) is 31.6 Å². The van der Waals surface area contributed by atoms with Gasteiger partial charge in [-0.25, -0.2) is 9.97 Å². The van der Waals surface area contributed by atoms with Gasteiger partial charge in [-0.3, -0.25) is 9.69 Å². The van der Waals surface area contributed by atoms with Gasteiger partial charge in [-0.05, 0) is 24.5 Å². The van der Waals surface area contributed by atoms with Crippen molar-refractivity contribution >= 4 is 23.3 Å². The molecule has 2 N–H and O–H groups in total. The fraction of sp³-hybridized carbons (Fsp3) is 0.409. The van der Waals surface area contributed by atoms with Crippen LogP contribution in [-0.4, -0.2) is 46.5 Å². The van der Waals surface area contributed by atoms with Crippen molar-refractivity contribution in [1.29, 1.82) is 10.5 Å². The maximum atomic E-state index is 11.7. The van der Waals surface area contributed by atoms with Gasteiger partial charge in [0, 0.05) is 49.9 Å². The lowest BCUT2D eigenvalue weighted by Crippen LogP contribution is -2.32. The number of hydrogen-bond donors (Lipinski definition) is 2. The normalized spacial score (nSPS) is 17.8. The average Bonchev–Trinajstić information content (AvgIpc) is 3.18. The first-order valence-electron chi connectivity index (χ1n) is 10.4. The van der Waals surface area contributed by atoms with Crippen molar-refractivity contribution in [3.05, 3.63) is 45.2 Å². The van der Waals surface area contributed by atoms with Crippen LogP contribution in [0.5, 0.6) is 5.88 Å². The molecule has 2 aromatic heterocycles. The second-order valence-corrected chi connectivity index (χ2v) is 8.11. The zero-order valence-corrected chi connectivity index (χ0v) is 18.4. The molecule has 2 aliphatic heterocycles. The van der Waals surface area contributed by atoms with E-state index in [1.54, 1.807) is 6.07 Å². The van der Waals surface area contributed by atoms with Crippen LogP contribution in [0.3, 0.4) is 0 Å². The Hall–Kier alpha value is -3.40. The lowest BCUT2D eigenvalue weighted by Gasteiger charge is -2.31. The maximum absolute atomic E-state index is 11.7. The molecular weight excluding hydrogens is 430 g/mol. The topological polar surface area (TPSA) is 127 Å². The van der Waals surface area contributed by atoms with E-state index >= 15 is 0 Å². The fourth-order valence-electron chi connectivity index (χ4n) is 4.04. The van der Waals surface area contributed by atoms with E-state index in [9.17, 15) is 10.1 Å². The van der Waals surface area contributed by atoms with Crippen molar-refractivity contribution in [3.63, 3.8) is 0 Å². The fourth-order valence-corrected chi connectivity index (χ4v) is 4.29. The van der Waals surface area contributed by atoms with Crippen molar-refractivity contribution < 1.29 is 9.53 Å². The van der Waals surface area contributed by atoms with Crippen molar-refractivity contribution in [1.82, 2.24) is 20.2 Å². The zero-order valence-electron chi connectivity index (χ0n) is 17.6. The minimum Gasteiger partial charge on any atom is -0.464 e. The second kappa shape index (κ2) is 9.39. The van der Waals surface area contributed by atoms with Gasteiger partial charge in [-0.2, -0.15) is 10.5 Å². The van der Waals surface area contributed by atoms with Crippen molar-refractivity contribution in [2.45, 2.75) is 39.0 Å². The third-order valence-electron chi connectivity index (χ3n) is 5.70. The van der Waals surface area contributed by atoms with Crippen LogP contribution in [0.1, 0.15) is 34.4 Å². The summed E-state index contributed by atoms with van der Waals surface area (Å²) in [5.41, 5.74) is 4.03. The summed E-state index contributed by atoms with van der Waals surface area (Å²) in [7, 11) is 0. The SMILES string of the molecule is Cc1nc(OC2CCNC2=O)ccc1CN1CCc2c(NCC#N)nc(Cl)c(C#N)c2C1. The minimum absolute atomic E-state index is 0.106. The first-order valence-corrected chi connectivity index (χ1v) is 10.7. The quantitative estimate of drug-likeness (QED) is 0.504. The summed E-state index contributed by atoms with van der Waals surface area (Å²) in [5.74, 6) is 0.904. The minimum atomic E-state index is -0.488. The number of ether oxygens (including phenoxy) is 1. The molecule has 164 valence electrons. The summed E-state index contributed by atoms with van der Waals surface area (Å²) in [6.45, 7) is 4.61. The van der Waals surface area contributed by atoms with Gasteiger partial charge >= 0.3 is 0 Å². The number of aryl methyl sites for hydroxylation is 1. The van der Waals surface area contributed by atoms with Crippen LogP contribution in [0.4, 0.5) is 5.82 Å². The van der Waals surface area contributed by atoms with Crippen molar-refractivity contribution in [2.75, 3.05) is 25.0 Å². The highest BCUT2D eigenvalue weighted by atomic mass is 35.5. The molecule has 1 unspecified atom stereocenters. The molecule has 0 aliphatic carbocycles. The predicted molar refractivity (Wildman–Crippen MR) is 117 cm³/mol. The number of aromatic nitrogens is 2. The number of halogens is 1. The lowest BCUT2D eigenvalue weighted by atomic mass is 9.96. The third-order valence-corrected chi connectivity index (χ3v) is 5.97. The van der Waals surface area contributed by atoms with E-state index in [1.807, 2.05) is 19.1 Å². The Morgan fingerprint density at radius 1 is 1.34 bits per heavy atom. The molecule has 1 amide bonds. The Labute approximate surface area is 191 Å². The highest BCUT2D eigenvalue weighted by Gasteiger charge is 2.27. The van der Waals surface area contributed by atoms with Crippen LogP contribution in [0.25, 0.3) is 0 Å². The maximum Gasteiger partial charge on any atom is 0.261 e. The van der Waals surface area contributed by atoms with E-state index in [0.29, 0.717) is 49.7 Å². The molecule has 1 saturated heterocycles. The monoisotopic (exact) mass is 451 g/mol. The van der Waals surface area contributed by atoms with Crippen LogP contribution in [-0.2, 0) is 24.3 Å². The molecule has 0 saturated carbocycles. The van der Waals surface area contributed by atoms with E-state index in [4.69, 9.17) is 21.6 Å². The molecule has 1 atom stereocenters. The number of carbonyl (C=O) groups excluding carboxylic acids is 1. The van der Waals surface area contributed by atoms with Crippen LogP contribution < -0.4 is 15.4 Å². The number of anilines is 1. The van der Waals surface area contributed by atoms with E-state index in [0.717, 1.165) is 28.9 Å². The van der Waals surface area contributed by atoms with E-state index in [-0.39, 0.29) is 17.6 Å². The standard InChI is InChI=1S/C22H22ClN7O2/c1-13-14(2-3-19(28-13)32-18-4-7-27-22(18)31)11-30-9-5-15-17(12-30)16(10-25)20(23)29-21(15)26-8-6-24/h2-3,18H,4-5,7-9,11-12H2,1H3,(H,26,29)(H,27,31). The van der Waals surface area contributed by atoms with Gasteiger partial charge in [-0.1, -0.05) is 17.7 Å². The number of pyridine rings is 2. The molecule has 10 heteroatoms. The number of rotatable bonds is 6. The first kappa shape index (κ1) is 21.8. The summed E-state index contributed by atoms with van der Waals surface area (Å²) in [5, 5.41) is 24.4. The van der Waals surface area contributed by atoms with Crippen LogP contribution in [0.15, 0.2) is 12.1 Å². The number of amides is 1. The van der Waals surface area contributed by atoms with Gasteiger partial charge in [0.25, 0.3) is 5.91 Å². The van der Waals surface area contributed by atoms with Crippen LogP contribution in [0, 0.1) is 29.6 Å². The Bertz CT molecular complexity index is 1140. The van der Waals surface area contributed by atoms with Gasteiger partial charge in [0.1, 0.15) is 23.6 Å². The first-order chi connectivity index (χ1) is 15.5. The highest BCUT2D eigenvalue weighted by Crippen LogP contribution is 2.32. The largest absolute Gasteiger partial charge is 0.464 e. The van der Waals surface area contributed by atoms with Crippen molar-refractivity contribution in [3.8, 4) is 18.0 Å². The van der Waals surface area contributed by atoms with Crippen LogP contribution >= 0.6 is 11.6 Å². The Kier molecular flexibility index (Phi) is 6.40. The number of nitriles is 2. The van der Waals surface area contributed by atoms with Gasteiger partial charge < -0.3 is 15.4 Å². The second-order valence-electron chi connectivity index (χ2n) is 7.75. The third kappa shape index (κ3) is 4.45.